The van der Waals surface area contributed by atoms with E-state index in [1.54, 1.807) is 4.68 Å². The van der Waals surface area contributed by atoms with E-state index in [0.29, 0.717) is 11.6 Å². The van der Waals surface area contributed by atoms with E-state index in [2.05, 4.69) is 33.3 Å². The average Bonchev–Trinajstić information content (AvgIpc) is 3.10. The highest BCUT2D eigenvalue weighted by Gasteiger charge is 2.42. The summed E-state index contributed by atoms with van der Waals surface area (Å²) < 4.78 is 2.54. The molecular formula is C15H22BrN3O. The molecule has 5 heteroatoms. The number of fused-ring (bicyclic) bond motifs is 2. The molecule has 1 N–H and O–H groups in total. The van der Waals surface area contributed by atoms with Gasteiger partial charge in [0.1, 0.15) is 0 Å². The molecule has 0 saturated heterocycles. The van der Waals surface area contributed by atoms with E-state index in [1.165, 1.54) is 25.7 Å². The van der Waals surface area contributed by atoms with E-state index in [4.69, 9.17) is 0 Å². The Morgan fingerprint density at radius 1 is 1.45 bits per heavy atom. The van der Waals surface area contributed by atoms with Crippen molar-refractivity contribution in [2.24, 2.45) is 24.8 Å². The number of carbonyl (C=O) groups is 1. The molecule has 0 radical (unpaired) electrons. The maximum atomic E-state index is 12.4. The lowest BCUT2D eigenvalue weighted by Gasteiger charge is -2.28. The second kappa shape index (κ2) is 5.17. The molecule has 2 aliphatic carbocycles. The van der Waals surface area contributed by atoms with E-state index in [1.807, 2.05) is 14.0 Å². The Labute approximate surface area is 128 Å². The number of aryl methyl sites for hydroxylation is 1. The van der Waals surface area contributed by atoms with Crippen LogP contribution in [0.15, 0.2) is 4.47 Å². The van der Waals surface area contributed by atoms with Crippen LogP contribution in [0.5, 0.6) is 0 Å². The first kappa shape index (κ1) is 14.1. The summed E-state index contributed by atoms with van der Waals surface area (Å²) in [6.07, 6.45) is 5.40. The SMILES string of the molecule is Cc1c(Br)c(C(=O)N[C@H](C)[C@@H]2C[C@H]3CC[C@H]2C3)nn1C. The minimum Gasteiger partial charge on any atom is -0.348 e. The molecule has 4 nitrogen and oxygen atoms in total. The number of hydrogen-bond donors (Lipinski definition) is 1. The number of amides is 1. The number of nitrogens with zero attached hydrogens (tertiary/aromatic N) is 2. The molecule has 1 aromatic heterocycles. The van der Waals surface area contributed by atoms with Crippen molar-refractivity contribution in [1.82, 2.24) is 15.1 Å². The summed E-state index contributed by atoms with van der Waals surface area (Å²) in [6.45, 7) is 4.10. The fraction of sp³-hybridized carbons (Fsp3) is 0.733. The Kier molecular flexibility index (Phi) is 3.65. The molecule has 2 fully saturated rings. The first-order chi connectivity index (χ1) is 9.47. The van der Waals surface area contributed by atoms with Gasteiger partial charge in [0.15, 0.2) is 5.69 Å². The molecule has 3 rings (SSSR count). The van der Waals surface area contributed by atoms with Crippen LogP contribution in [0.1, 0.15) is 48.8 Å². The predicted octanol–water partition coefficient (Wildman–Crippen LogP) is 3.05. The summed E-state index contributed by atoms with van der Waals surface area (Å²) in [5.41, 5.74) is 1.47. The van der Waals surface area contributed by atoms with Crippen LogP contribution in [-0.4, -0.2) is 21.7 Å². The van der Waals surface area contributed by atoms with E-state index < -0.39 is 0 Å². The molecule has 20 heavy (non-hydrogen) atoms. The Bertz CT molecular complexity index is 539. The van der Waals surface area contributed by atoms with Crippen LogP contribution in [-0.2, 0) is 7.05 Å². The molecule has 2 saturated carbocycles. The Balaban J connectivity index is 1.68. The van der Waals surface area contributed by atoms with Gasteiger partial charge in [-0.2, -0.15) is 5.10 Å². The Hall–Kier alpha value is -0.840. The molecule has 2 bridgehead atoms. The van der Waals surface area contributed by atoms with Crippen LogP contribution in [0.2, 0.25) is 0 Å². The van der Waals surface area contributed by atoms with Gasteiger partial charge in [-0.25, -0.2) is 0 Å². The van der Waals surface area contributed by atoms with E-state index in [9.17, 15) is 4.79 Å². The van der Waals surface area contributed by atoms with Crippen LogP contribution < -0.4 is 5.32 Å². The standard InChI is InChI=1S/C15H22BrN3O/c1-8(12-7-10-4-5-11(12)6-10)17-15(20)14-13(16)9(2)19(3)18-14/h8,10-12H,4-7H2,1-3H3,(H,17,20)/t8-,10+,11+,12+/m1/s1. The first-order valence-electron chi connectivity index (χ1n) is 7.47. The van der Waals surface area contributed by atoms with Crippen LogP contribution in [0.3, 0.4) is 0 Å². The maximum absolute atomic E-state index is 12.4. The average molecular weight is 340 g/mol. The normalized spacial score (nSPS) is 29.7. The zero-order chi connectivity index (χ0) is 14.4. The van der Waals surface area contributed by atoms with Crippen LogP contribution in [0.25, 0.3) is 0 Å². The van der Waals surface area contributed by atoms with Crippen molar-refractivity contribution in [1.29, 1.82) is 0 Å². The third kappa shape index (κ3) is 2.30. The Morgan fingerprint density at radius 3 is 2.70 bits per heavy atom. The number of carbonyl (C=O) groups excluding carboxylic acids is 1. The highest BCUT2D eigenvalue weighted by Crippen LogP contribution is 2.49. The van der Waals surface area contributed by atoms with Gasteiger partial charge in [-0.15, -0.1) is 0 Å². The topological polar surface area (TPSA) is 46.9 Å². The van der Waals surface area contributed by atoms with Gasteiger partial charge in [0.25, 0.3) is 5.91 Å². The molecule has 1 aromatic rings. The molecular weight excluding hydrogens is 318 g/mol. The maximum Gasteiger partial charge on any atom is 0.273 e. The second-order valence-corrected chi connectivity index (χ2v) is 7.27. The monoisotopic (exact) mass is 339 g/mol. The van der Waals surface area contributed by atoms with Gasteiger partial charge in [0, 0.05) is 13.1 Å². The van der Waals surface area contributed by atoms with Gasteiger partial charge in [-0.05, 0) is 66.8 Å². The van der Waals surface area contributed by atoms with Crippen molar-refractivity contribution >= 4 is 21.8 Å². The number of nitrogens with one attached hydrogen (secondary N) is 1. The summed E-state index contributed by atoms with van der Waals surface area (Å²) in [7, 11) is 1.86. The Morgan fingerprint density at radius 2 is 2.20 bits per heavy atom. The molecule has 4 atom stereocenters. The fourth-order valence-electron chi connectivity index (χ4n) is 4.02. The van der Waals surface area contributed by atoms with Gasteiger partial charge >= 0.3 is 0 Å². The number of hydrogen-bond acceptors (Lipinski definition) is 2. The van der Waals surface area contributed by atoms with Gasteiger partial charge < -0.3 is 5.32 Å². The minimum absolute atomic E-state index is 0.0594. The molecule has 1 heterocycles. The summed E-state index contributed by atoms with van der Waals surface area (Å²) >= 11 is 3.46. The first-order valence-corrected chi connectivity index (χ1v) is 8.26. The van der Waals surface area contributed by atoms with Crippen molar-refractivity contribution in [2.75, 3.05) is 0 Å². The summed E-state index contributed by atoms with van der Waals surface area (Å²) in [4.78, 5) is 12.4. The summed E-state index contributed by atoms with van der Waals surface area (Å²) in [5, 5.41) is 7.45. The number of halogens is 1. The zero-order valence-electron chi connectivity index (χ0n) is 12.3. The van der Waals surface area contributed by atoms with Crippen molar-refractivity contribution in [3.05, 3.63) is 15.9 Å². The largest absolute Gasteiger partial charge is 0.348 e. The lowest BCUT2D eigenvalue weighted by atomic mass is 9.84. The number of aromatic nitrogens is 2. The third-order valence-corrected chi connectivity index (χ3v) is 6.22. The minimum atomic E-state index is -0.0594. The summed E-state index contributed by atoms with van der Waals surface area (Å²) in [6, 6.07) is 0.243. The fourth-order valence-corrected chi connectivity index (χ4v) is 4.53. The zero-order valence-corrected chi connectivity index (χ0v) is 13.9. The molecule has 0 aromatic carbocycles. The predicted molar refractivity (Wildman–Crippen MR) is 81.5 cm³/mol. The molecule has 0 aliphatic heterocycles. The molecule has 1 amide bonds. The highest BCUT2D eigenvalue weighted by atomic mass is 79.9. The molecule has 110 valence electrons. The number of rotatable bonds is 3. The molecule has 0 unspecified atom stereocenters. The van der Waals surface area contributed by atoms with E-state index in [-0.39, 0.29) is 11.9 Å². The second-order valence-electron chi connectivity index (χ2n) is 6.47. The van der Waals surface area contributed by atoms with Crippen molar-refractivity contribution in [3.63, 3.8) is 0 Å². The van der Waals surface area contributed by atoms with Crippen molar-refractivity contribution in [3.8, 4) is 0 Å². The highest BCUT2D eigenvalue weighted by molar-refractivity contribution is 9.10. The van der Waals surface area contributed by atoms with Crippen LogP contribution in [0, 0.1) is 24.7 Å². The van der Waals surface area contributed by atoms with E-state index in [0.717, 1.165) is 22.0 Å². The van der Waals surface area contributed by atoms with Gasteiger partial charge in [0.2, 0.25) is 0 Å². The van der Waals surface area contributed by atoms with Crippen LogP contribution >= 0.6 is 15.9 Å². The van der Waals surface area contributed by atoms with Gasteiger partial charge in [-0.3, -0.25) is 9.48 Å². The van der Waals surface area contributed by atoms with Crippen molar-refractivity contribution < 1.29 is 4.79 Å². The third-order valence-electron chi connectivity index (χ3n) is 5.27. The van der Waals surface area contributed by atoms with E-state index >= 15 is 0 Å². The van der Waals surface area contributed by atoms with Crippen molar-refractivity contribution in [2.45, 2.75) is 45.6 Å². The smallest absolute Gasteiger partial charge is 0.273 e. The molecule has 2 aliphatic rings. The van der Waals surface area contributed by atoms with Gasteiger partial charge in [0.05, 0.1) is 10.2 Å². The lowest BCUT2D eigenvalue weighted by molar-refractivity contribution is 0.0908. The summed E-state index contributed by atoms with van der Waals surface area (Å²) in [5.74, 6) is 2.33. The van der Waals surface area contributed by atoms with Gasteiger partial charge in [-0.1, -0.05) is 6.42 Å². The van der Waals surface area contributed by atoms with Crippen LogP contribution in [0.4, 0.5) is 0 Å². The quantitative estimate of drug-likeness (QED) is 0.919. The lowest BCUT2D eigenvalue weighted by Crippen LogP contribution is -2.40. The molecule has 0 spiro atoms.